The first kappa shape index (κ1) is 12.0. The number of nitrogens with zero attached hydrogens (tertiary/aromatic N) is 2. The van der Waals surface area contributed by atoms with Gasteiger partial charge in [-0.2, -0.15) is 0 Å². The highest BCUT2D eigenvalue weighted by Crippen LogP contribution is 2.25. The SMILES string of the molecule is CC(Cl)C(=O)Nc1nnc(-c2ccccc2)s1. The third kappa shape index (κ3) is 3.01. The zero-order valence-corrected chi connectivity index (χ0v) is 10.6. The summed E-state index contributed by atoms with van der Waals surface area (Å²) in [7, 11) is 0. The predicted molar refractivity (Wildman–Crippen MR) is 69.3 cm³/mol. The first-order chi connectivity index (χ1) is 8.16. The summed E-state index contributed by atoms with van der Waals surface area (Å²) in [6, 6.07) is 9.67. The van der Waals surface area contributed by atoms with Crippen LogP contribution < -0.4 is 5.32 Å². The third-order valence-corrected chi connectivity index (χ3v) is 3.12. The van der Waals surface area contributed by atoms with Crippen molar-refractivity contribution in [3.05, 3.63) is 30.3 Å². The van der Waals surface area contributed by atoms with Crippen molar-refractivity contribution in [2.75, 3.05) is 5.32 Å². The molecule has 1 heterocycles. The summed E-state index contributed by atoms with van der Waals surface area (Å²) in [6.45, 7) is 1.61. The van der Waals surface area contributed by atoms with Crippen LogP contribution >= 0.6 is 22.9 Å². The largest absolute Gasteiger partial charge is 0.299 e. The van der Waals surface area contributed by atoms with E-state index in [0.717, 1.165) is 10.6 Å². The van der Waals surface area contributed by atoms with Gasteiger partial charge in [0.2, 0.25) is 11.0 Å². The molecule has 1 aromatic carbocycles. The summed E-state index contributed by atoms with van der Waals surface area (Å²) < 4.78 is 0. The lowest BCUT2D eigenvalue weighted by atomic mass is 10.2. The van der Waals surface area contributed by atoms with Gasteiger partial charge in [0.15, 0.2) is 0 Å². The summed E-state index contributed by atoms with van der Waals surface area (Å²) >= 11 is 6.97. The van der Waals surface area contributed by atoms with Crippen molar-refractivity contribution in [3.8, 4) is 10.6 Å². The van der Waals surface area contributed by atoms with Gasteiger partial charge in [-0.25, -0.2) is 0 Å². The second-order valence-electron chi connectivity index (χ2n) is 3.38. The minimum atomic E-state index is -0.584. The van der Waals surface area contributed by atoms with Crippen molar-refractivity contribution in [2.24, 2.45) is 0 Å². The highest BCUT2D eigenvalue weighted by molar-refractivity contribution is 7.18. The minimum Gasteiger partial charge on any atom is -0.299 e. The topological polar surface area (TPSA) is 54.9 Å². The fourth-order valence-corrected chi connectivity index (χ4v) is 1.98. The molecule has 6 heteroatoms. The molecule has 1 unspecified atom stereocenters. The van der Waals surface area contributed by atoms with Gasteiger partial charge >= 0.3 is 0 Å². The molecule has 2 aromatic rings. The van der Waals surface area contributed by atoms with Gasteiger partial charge in [-0.3, -0.25) is 10.1 Å². The van der Waals surface area contributed by atoms with E-state index in [1.54, 1.807) is 6.92 Å². The quantitative estimate of drug-likeness (QED) is 0.870. The molecular weight excluding hydrogens is 258 g/mol. The summed E-state index contributed by atoms with van der Waals surface area (Å²) in [4.78, 5) is 11.4. The molecule has 0 spiro atoms. The molecule has 0 radical (unpaired) electrons. The second-order valence-corrected chi connectivity index (χ2v) is 5.02. The van der Waals surface area contributed by atoms with Crippen LogP contribution in [0.2, 0.25) is 0 Å². The zero-order chi connectivity index (χ0) is 12.3. The number of alkyl halides is 1. The maximum absolute atomic E-state index is 11.4. The second kappa shape index (κ2) is 5.25. The fraction of sp³-hybridized carbons (Fsp3) is 0.182. The molecule has 2 rings (SSSR count). The van der Waals surface area contributed by atoms with E-state index in [4.69, 9.17) is 11.6 Å². The molecular formula is C11H10ClN3OS. The molecule has 0 aliphatic rings. The molecule has 88 valence electrons. The molecule has 1 amide bonds. The highest BCUT2D eigenvalue weighted by atomic mass is 35.5. The van der Waals surface area contributed by atoms with Gasteiger partial charge in [0, 0.05) is 5.56 Å². The zero-order valence-electron chi connectivity index (χ0n) is 9.05. The Morgan fingerprint density at radius 3 is 2.71 bits per heavy atom. The maximum atomic E-state index is 11.4. The van der Waals surface area contributed by atoms with E-state index in [1.807, 2.05) is 30.3 Å². The van der Waals surface area contributed by atoms with Crippen molar-refractivity contribution in [1.29, 1.82) is 0 Å². The van der Waals surface area contributed by atoms with Gasteiger partial charge < -0.3 is 0 Å². The Bertz CT molecular complexity index is 512. The van der Waals surface area contributed by atoms with Crippen molar-refractivity contribution in [2.45, 2.75) is 12.3 Å². The molecule has 0 fully saturated rings. The van der Waals surface area contributed by atoms with Crippen LogP contribution in [-0.4, -0.2) is 21.5 Å². The monoisotopic (exact) mass is 267 g/mol. The number of rotatable bonds is 3. The Morgan fingerprint density at radius 1 is 1.35 bits per heavy atom. The van der Waals surface area contributed by atoms with Crippen LogP contribution in [0.5, 0.6) is 0 Å². The van der Waals surface area contributed by atoms with Gasteiger partial charge in [-0.05, 0) is 6.92 Å². The first-order valence-electron chi connectivity index (χ1n) is 5.00. The Labute approximate surface area is 108 Å². The van der Waals surface area contributed by atoms with E-state index in [-0.39, 0.29) is 5.91 Å². The van der Waals surface area contributed by atoms with Crippen LogP contribution in [0.25, 0.3) is 10.6 Å². The van der Waals surface area contributed by atoms with Crippen LogP contribution in [0.15, 0.2) is 30.3 Å². The number of anilines is 1. The normalized spacial score (nSPS) is 12.1. The highest BCUT2D eigenvalue weighted by Gasteiger charge is 2.12. The van der Waals surface area contributed by atoms with E-state index < -0.39 is 5.38 Å². The third-order valence-electron chi connectivity index (χ3n) is 2.04. The van der Waals surface area contributed by atoms with Crippen molar-refractivity contribution in [3.63, 3.8) is 0 Å². The maximum Gasteiger partial charge on any atom is 0.243 e. The van der Waals surface area contributed by atoms with E-state index in [1.165, 1.54) is 11.3 Å². The molecule has 0 aliphatic carbocycles. The molecule has 0 saturated carbocycles. The summed E-state index contributed by atoms with van der Waals surface area (Å²) in [5.74, 6) is -0.276. The number of hydrogen-bond donors (Lipinski definition) is 1. The van der Waals surface area contributed by atoms with Gasteiger partial charge in [-0.1, -0.05) is 41.7 Å². The number of carbonyl (C=O) groups is 1. The number of aromatic nitrogens is 2. The van der Waals surface area contributed by atoms with E-state index in [9.17, 15) is 4.79 Å². The molecule has 0 aliphatic heterocycles. The summed E-state index contributed by atoms with van der Waals surface area (Å²) in [5, 5.41) is 11.2. The van der Waals surface area contributed by atoms with Crippen LogP contribution in [0.1, 0.15) is 6.92 Å². The van der Waals surface area contributed by atoms with Crippen LogP contribution in [0.4, 0.5) is 5.13 Å². The molecule has 1 atom stereocenters. The molecule has 17 heavy (non-hydrogen) atoms. The fourth-order valence-electron chi connectivity index (χ4n) is 1.18. The number of nitrogens with one attached hydrogen (secondary N) is 1. The first-order valence-corrected chi connectivity index (χ1v) is 6.26. The Balaban J connectivity index is 2.14. The lowest BCUT2D eigenvalue weighted by molar-refractivity contribution is -0.115. The van der Waals surface area contributed by atoms with E-state index in [0.29, 0.717) is 5.13 Å². The van der Waals surface area contributed by atoms with Gasteiger partial charge in [-0.15, -0.1) is 21.8 Å². The summed E-state index contributed by atoms with van der Waals surface area (Å²) in [6.07, 6.45) is 0. The lowest BCUT2D eigenvalue weighted by Gasteiger charge is -2.00. The van der Waals surface area contributed by atoms with E-state index >= 15 is 0 Å². The molecule has 0 bridgehead atoms. The number of carbonyl (C=O) groups excluding carboxylic acids is 1. The Morgan fingerprint density at radius 2 is 2.06 bits per heavy atom. The molecule has 1 aromatic heterocycles. The van der Waals surface area contributed by atoms with Crippen LogP contribution in [-0.2, 0) is 4.79 Å². The summed E-state index contributed by atoms with van der Waals surface area (Å²) in [5.41, 5.74) is 0.976. The average molecular weight is 268 g/mol. The van der Waals surface area contributed by atoms with Crippen molar-refractivity contribution < 1.29 is 4.79 Å². The smallest absolute Gasteiger partial charge is 0.243 e. The minimum absolute atomic E-state index is 0.276. The van der Waals surface area contributed by atoms with Crippen molar-refractivity contribution in [1.82, 2.24) is 10.2 Å². The van der Waals surface area contributed by atoms with Gasteiger partial charge in [0.1, 0.15) is 10.4 Å². The van der Waals surface area contributed by atoms with E-state index in [2.05, 4.69) is 15.5 Å². The number of benzene rings is 1. The average Bonchev–Trinajstić information content (AvgIpc) is 2.78. The Kier molecular flexibility index (Phi) is 3.71. The molecule has 4 nitrogen and oxygen atoms in total. The van der Waals surface area contributed by atoms with Crippen LogP contribution in [0, 0.1) is 0 Å². The Hall–Kier alpha value is -1.46. The number of halogens is 1. The number of amides is 1. The number of hydrogen-bond acceptors (Lipinski definition) is 4. The van der Waals surface area contributed by atoms with Crippen LogP contribution in [0.3, 0.4) is 0 Å². The molecule has 1 N–H and O–H groups in total. The lowest BCUT2D eigenvalue weighted by Crippen LogP contribution is -2.20. The molecule has 0 saturated heterocycles. The van der Waals surface area contributed by atoms with Gasteiger partial charge in [0.25, 0.3) is 0 Å². The predicted octanol–water partition coefficient (Wildman–Crippen LogP) is 2.77. The van der Waals surface area contributed by atoms with Crippen molar-refractivity contribution >= 4 is 34.0 Å². The standard InChI is InChI=1S/C11H10ClN3OS/c1-7(12)9(16)13-11-15-14-10(17-11)8-5-3-2-4-6-8/h2-7H,1H3,(H,13,15,16). The van der Waals surface area contributed by atoms with Gasteiger partial charge in [0.05, 0.1) is 0 Å².